The van der Waals surface area contributed by atoms with E-state index in [0.717, 1.165) is 0 Å². The molecule has 3 unspecified atom stereocenters. The van der Waals surface area contributed by atoms with Crippen molar-refractivity contribution in [3.05, 3.63) is 120 Å². The van der Waals surface area contributed by atoms with Gasteiger partial charge in [-0.25, -0.2) is 0 Å². The van der Waals surface area contributed by atoms with E-state index in [2.05, 4.69) is 132 Å². The first kappa shape index (κ1) is 19.7. The van der Waals surface area contributed by atoms with Gasteiger partial charge in [0.25, 0.3) is 0 Å². The Bertz CT molecular complexity index is 1120. The Balaban J connectivity index is 1.42. The van der Waals surface area contributed by atoms with Crippen molar-refractivity contribution in [2.45, 2.75) is 25.4 Å². The van der Waals surface area contributed by atoms with E-state index in [1.807, 2.05) is 0 Å². The summed E-state index contributed by atoms with van der Waals surface area (Å²) in [5.74, 6) is 0. The van der Waals surface area contributed by atoms with Gasteiger partial charge in [-0.3, -0.25) is 16.0 Å². The lowest BCUT2D eigenvalue weighted by Crippen LogP contribution is -2.57. The van der Waals surface area contributed by atoms with Crippen LogP contribution in [0.15, 0.2) is 109 Å². The summed E-state index contributed by atoms with van der Waals surface area (Å²) in [6, 6.07) is 38.5. The van der Waals surface area contributed by atoms with Crippen LogP contribution in [0.4, 0.5) is 0 Å². The summed E-state index contributed by atoms with van der Waals surface area (Å²) in [6.45, 7) is 2.17. The van der Waals surface area contributed by atoms with E-state index in [0.29, 0.717) is 0 Å². The molecule has 31 heavy (non-hydrogen) atoms. The molecule has 3 nitrogen and oxygen atoms in total. The Morgan fingerprint density at radius 3 is 1.74 bits per heavy atom. The summed E-state index contributed by atoms with van der Waals surface area (Å²) in [7, 11) is 0. The number of benzene rings is 4. The van der Waals surface area contributed by atoms with Crippen molar-refractivity contribution >= 4 is 0 Å². The molecule has 1 fully saturated rings. The average molecular weight is 406 g/mol. The first-order valence-corrected chi connectivity index (χ1v) is 10.9. The smallest absolute Gasteiger partial charge is 0.0867 e. The highest BCUT2D eigenvalue weighted by Gasteiger charge is 2.27. The minimum absolute atomic E-state index is 0.0476. The van der Waals surface area contributed by atoms with Crippen molar-refractivity contribution in [3.8, 4) is 22.3 Å². The van der Waals surface area contributed by atoms with Crippen molar-refractivity contribution in [2.24, 2.45) is 0 Å². The minimum Gasteiger partial charge on any atom is -0.283 e. The van der Waals surface area contributed by atoms with Crippen molar-refractivity contribution in [1.82, 2.24) is 16.0 Å². The molecule has 5 rings (SSSR count). The summed E-state index contributed by atoms with van der Waals surface area (Å²) in [5.41, 5.74) is 7.45. The van der Waals surface area contributed by atoms with Crippen molar-refractivity contribution in [2.75, 3.05) is 0 Å². The third-order valence-corrected chi connectivity index (χ3v) is 5.87. The van der Waals surface area contributed by atoms with Crippen LogP contribution in [0.3, 0.4) is 0 Å². The lowest BCUT2D eigenvalue weighted by molar-refractivity contribution is 0.213. The van der Waals surface area contributed by atoms with Crippen LogP contribution in [0.1, 0.15) is 30.4 Å². The van der Waals surface area contributed by atoms with Gasteiger partial charge in [0.15, 0.2) is 0 Å². The largest absolute Gasteiger partial charge is 0.283 e. The Labute approximate surface area is 184 Å². The van der Waals surface area contributed by atoms with Gasteiger partial charge in [0.1, 0.15) is 0 Å². The number of hydrogen-bond acceptors (Lipinski definition) is 3. The molecule has 0 aliphatic carbocycles. The van der Waals surface area contributed by atoms with Gasteiger partial charge in [0, 0.05) is 0 Å². The Morgan fingerprint density at radius 2 is 1.03 bits per heavy atom. The molecule has 0 saturated carbocycles. The summed E-state index contributed by atoms with van der Waals surface area (Å²) >= 11 is 0. The van der Waals surface area contributed by atoms with Gasteiger partial charge in [-0.15, -0.1) is 0 Å². The first-order valence-electron chi connectivity index (χ1n) is 10.9. The molecule has 1 aliphatic rings. The molecular formula is C28H27N3. The van der Waals surface area contributed by atoms with Crippen molar-refractivity contribution in [3.63, 3.8) is 0 Å². The second kappa shape index (κ2) is 8.86. The molecule has 3 N–H and O–H groups in total. The molecule has 1 heterocycles. The topological polar surface area (TPSA) is 36.1 Å². The third kappa shape index (κ3) is 4.30. The Kier molecular flexibility index (Phi) is 5.63. The van der Waals surface area contributed by atoms with Gasteiger partial charge in [-0.1, -0.05) is 109 Å². The molecule has 3 atom stereocenters. The SMILES string of the molecule is CC1NC(c2ccc(-c3ccccc3)cc2)NC(c2ccccc2-c2ccccc2)N1. The van der Waals surface area contributed by atoms with Gasteiger partial charge in [-0.05, 0) is 40.3 Å². The van der Waals surface area contributed by atoms with Crippen LogP contribution in [0.2, 0.25) is 0 Å². The predicted octanol–water partition coefficient (Wildman–Crippen LogP) is 5.85. The maximum atomic E-state index is 3.76. The second-order valence-corrected chi connectivity index (χ2v) is 8.03. The van der Waals surface area contributed by atoms with Crippen molar-refractivity contribution in [1.29, 1.82) is 0 Å². The van der Waals surface area contributed by atoms with Crippen LogP contribution in [0, 0.1) is 0 Å². The van der Waals surface area contributed by atoms with Crippen LogP contribution in [-0.4, -0.2) is 6.17 Å². The molecule has 0 radical (unpaired) electrons. The lowest BCUT2D eigenvalue weighted by atomic mass is 9.96. The van der Waals surface area contributed by atoms with Gasteiger partial charge < -0.3 is 0 Å². The van der Waals surface area contributed by atoms with E-state index in [4.69, 9.17) is 0 Å². The highest BCUT2D eigenvalue weighted by Crippen LogP contribution is 2.30. The zero-order chi connectivity index (χ0) is 21.0. The fourth-order valence-electron chi connectivity index (χ4n) is 4.31. The zero-order valence-electron chi connectivity index (χ0n) is 17.6. The van der Waals surface area contributed by atoms with Gasteiger partial charge in [0.05, 0.1) is 18.5 Å². The maximum absolute atomic E-state index is 3.76. The number of nitrogens with one attached hydrogen (secondary N) is 3. The van der Waals surface area contributed by atoms with Crippen LogP contribution >= 0.6 is 0 Å². The molecule has 0 spiro atoms. The van der Waals surface area contributed by atoms with E-state index < -0.39 is 0 Å². The molecule has 4 aromatic carbocycles. The van der Waals surface area contributed by atoms with Gasteiger partial charge >= 0.3 is 0 Å². The second-order valence-electron chi connectivity index (χ2n) is 8.03. The molecule has 1 saturated heterocycles. The van der Waals surface area contributed by atoms with Gasteiger partial charge in [0.2, 0.25) is 0 Å². The van der Waals surface area contributed by atoms with E-state index in [1.165, 1.54) is 33.4 Å². The van der Waals surface area contributed by atoms with Crippen LogP contribution in [0.25, 0.3) is 22.3 Å². The monoisotopic (exact) mass is 405 g/mol. The van der Waals surface area contributed by atoms with Crippen LogP contribution in [-0.2, 0) is 0 Å². The zero-order valence-corrected chi connectivity index (χ0v) is 17.6. The summed E-state index contributed by atoms with van der Waals surface area (Å²) in [6.07, 6.45) is 0.287. The van der Waals surface area contributed by atoms with Crippen LogP contribution in [0.5, 0.6) is 0 Å². The fraction of sp³-hybridized carbons (Fsp3) is 0.143. The van der Waals surface area contributed by atoms with E-state index in [-0.39, 0.29) is 18.5 Å². The number of rotatable bonds is 4. The van der Waals surface area contributed by atoms with E-state index >= 15 is 0 Å². The maximum Gasteiger partial charge on any atom is 0.0867 e. The third-order valence-electron chi connectivity index (χ3n) is 5.87. The molecule has 154 valence electrons. The lowest BCUT2D eigenvalue weighted by Gasteiger charge is -2.38. The summed E-state index contributed by atoms with van der Waals surface area (Å²) < 4.78 is 0. The van der Waals surface area contributed by atoms with Crippen molar-refractivity contribution < 1.29 is 0 Å². The molecule has 0 aromatic heterocycles. The molecule has 4 aromatic rings. The highest BCUT2D eigenvalue weighted by molar-refractivity contribution is 5.68. The molecule has 1 aliphatic heterocycles. The highest BCUT2D eigenvalue weighted by atomic mass is 15.3. The molecule has 3 heteroatoms. The molecule has 0 bridgehead atoms. The van der Waals surface area contributed by atoms with E-state index in [9.17, 15) is 0 Å². The van der Waals surface area contributed by atoms with E-state index in [1.54, 1.807) is 0 Å². The summed E-state index contributed by atoms with van der Waals surface area (Å²) in [5, 5.41) is 11.0. The quantitative estimate of drug-likeness (QED) is 0.399. The minimum atomic E-state index is 0.0476. The Hall–Kier alpha value is -3.24. The summed E-state index contributed by atoms with van der Waals surface area (Å²) in [4.78, 5) is 0. The molecule has 0 amide bonds. The Morgan fingerprint density at radius 1 is 0.484 bits per heavy atom. The number of hydrogen-bond donors (Lipinski definition) is 3. The van der Waals surface area contributed by atoms with Gasteiger partial charge in [-0.2, -0.15) is 0 Å². The average Bonchev–Trinajstić information content (AvgIpc) is 2.85. The molecular weight excluding hydrogens is 378 g/mol. The first-order chi connectivity index (χ1) is 15.3. The van der Waals surface area contributed by atoms with Crippen LogP contribution < -0.4 is 16.0 Å². The predicted molar refractivity (Wildman–Crippen MR) is 128 cm³/mol. The fourth-order valence-corrected chi connectivity index (χ4v) is 4.31. The normalized spacial score (nSPS) is 21.0. The standard InChI is InChI=1S/C28H27N3/c1-20-29-27(24-18-16-22(17-19-24)21-10-4-2-5-11-21)31-28(30-20)26-15-9-8-14-25(26)23-12-6-3-7-13-23/h2-20,27-31H,1H3.